The van der Waals surface area contributed by atoms with Gasteiger partial charge >= 0.3 is 6.03 Å². The first kappa shape index (κ1) is 10.9. The molecule has 0 aliphatic heterocycles. The number of carbonyl (C=O) groups excluding carboxylic acids is 1. The number of aromatic nitrogens is 1. The molecule has 2 N–H and O–H groups in total. The maximum atomic E-state index is 12.9. The van der Waals surface area contributed by atoms with Gasteiger partial charge in [0.05, 0.1) is 0 Å². The normalized spacial score (nSPS) is 24.4. The molecule has 1 heterocycles. The van der Waals surface area contributed by atoms with Crippen molar-refractivity contribution in [1.82, 2.24) is 10.5 Å². The topological polar surface area (TPSA) is 67.2 Å². The number of hydrogen-bond donors (Lipinski definition) is 2. The van der Waals surface area contributed by atoms with Crippen molar-refractivity contribution >= 4 is 11.8 Å². The van der Waals surface area contributed by atoms with Gasteiger partial charge in [-0.05, 0) is 26.2 Å². The highest BCUT2D eigenvalue weighted by atomic mass is 19.1. The van der Waals surface area contributed by atoms with Crippen molar-refractivity contribution in [2.75, 3.05) is 5.32 Å². The van der Waals surface area contributed by atoms with Crippen molar-refractivity contribution in [2.45, 2.75) is 38.4 Å². The number of alkyl halides is 1. The van der Waals surface area contributed by atoms with Crippen LogP contribution in [0.15, 0.2) is 10.6 Å². The maximum absolute atomic E-state index is 12.9. The number of halogens is 1. The lowest BCUT2D eigenvalue weighted by molar-refractivity contribution is 0.247. The van der Waals surface area contributed by atoms with Crippen LogP contribution < -0.4 is 10.6 Å². The second kappa shape index (κ2) is 4.51. The van der Waals surface area contributed by atoms with E-state index in [2.05, 4.69) is 15.8 Å². The molecule has 1 fully saturated rings. The molecule has 2 unspecified atom stereocenters. The molecule has 1 aromatic heterocycles. The van der Waals surface area contributed by atoms with Crippen molar-refractivity contribution in [1.29, 1.82) is 0 Å². The van der Waals surface area contributed by atoms with Crippen molar-refractivity contribution < 1.29 is 13.7 Å². The molecule has 16 heavy (non-hydrogen) atoms. The van der Waals surface area contributed by atoms with Crippen LogP contribution in [0, 0.1) is 6.92 Å². The molecule has 0 radical (unpaired) electrons. The Labute approximate surface area is 92.4 Å². The standard InChI is InChI=1S/C10H14FN3O2/c1-6-4-9(14-16-6)13-10(15)12-8-3-2-7(11)5-8/h4,7-8H,2-3,5H2,1H3,(H2,12,13,14,15). The van der Waals surface area contributed by atoms with Crippen LogP contribution in [0.4, 0.5) is 15.0 Å². The Bertz CT molecular complexity index is 380. The third-order valence-corrected chi connectivity index (χ3v) is 2.57. The zero-order valence-corrected chi connectivity index (χ0v) is 9.00. The van der Waals surface area contributed by atoms with Crippen LogP contribution in [0.2, 0.25) is 0 Å². The Kier molecular flexibility index (Phi) is 3.07. The Hall–Kier alpha value is -1.59. The van der Waals surface area contributed by atoms with Crippen molar-refractivity contribution in [3.8, 4) is 0 Å². The van der Waals surface area contributed by atoms with Crippen LogP contribution in [0.3, 0.4) is 0 Å². The van der Waals surface area contributed by atoms with Gasteiger partial charge in [-0.15, -0.1) is 0 Å². The molecule has 0 saturated heterocycles. The number of rotatable bonds is 2. The zero-order valence-electron chi connectivity index (χ0n) is 9.00. The number of carbonyl (C=O) groups is 1. The summed E-state index contributed by atoms with van der Waals surface area (Å²) in [5.74, 6) is 0.991. The fraction of sp³-hybridized carbons (Fsp3) is 0.600. The van der Waals surface area contributed by atoms with E-state index in [1.807, 2.05) is 0 Å². The molecule has 5 nitrogen and oxygen atoms in total. The van der Waals surface area contributed by atoms with E-state index < -0.39 is 6.17 Å². The lowest BCUT2D eigenvalue weighted by Crippen LogP contribution is -2.36. The van der Waals surface area contributed by atoms with Crippen LogP contribution in [-0.4, -0.2) is 23.4 Å². The predicted octanol–water partition coefficient (Wildman–Crippen LogP) is 2.00. The summed E-state index contributed by atoms with van der Waals surface area (Å²) >= 11 is 0. The number of nitrogens with zero attached hydrogens (tertiary/aromatic N) is 1. The first-order valence-corrected chi connectivity index (χ1v) is 5.28. The molecule has 1 aliphatic carbocycles. The van der Waals surface area contributed by atoms with E-state index in [1.165, 1.54) is 0 Å². The van der Waals surface area contributed by atoms with Gasteiger partial charge in [-0.25, -0.2) is 9.18 Å². The minimum Gasteiger partial charge on any atom is -0.360 e. The highest BCUT2D eigenvalue weighted by Gasteiger charge is 2.25. The lowest BCUT2D eigenvalue weighted by Gasteiger charge is -2.11. The Morgan fingerprint density at radius 2 is 2.44 bits per heavy atom. The summed E-state index contributed by atoms with van der Waals surface area (Å²) in [6.45, 7) is 1.74. The zero-order chi connectivity index (χ0) is 11.5. The predicted molar refractivity (Wildman–Crippen MR) is 55.9 cm³/mol. The average Bonchev–Trinajstić information content (AvgIpc) is 2.76. The van der Waals surface area contributed by atoms with Crippen LogP contribution in [0.5, 0.6) is 0 Å². The quantitative estimate of drug-likeness (QED) is 0.811. The smallest absolute Gasteiger partial charge is 0.320 e. The highest BCUT2D eigenvalue weighted by Crippen LogP contribution is 2.21. The number of nitrogens with one attached hydrogen (secondary N) is 2. The van der Waals surface area contributed by atoms with Gasteiger partial charge in [-0.3, -0.25) is 5.32 Å². The van der Waals surface area contributed by atoms with E-state index in [-0.39, 0.29) is 12.1 Å². The molecule has 6 heteroatoms. The second-order valence-corrected chi connectivity index (χ2v) is 4.03. The van der Waals surface area contributed by atoms with Gasteiger partial charge in [0, 0.05) is 12.1 Å². The molecule has 1 aromatic rings. The largest absolute Gasteiger partial charge is 0.360 e. The fourth-order valence-electron chi connectivity index (χ4n) is 1.82. The second-order valence-electron chi connectivity index (χ2n) is 4.03. The molecule has 0 aromatic carbocycles. The summed E-state index contributed by atoms with van der Waals surface area (Å²) in [7, 11) is 0. The van der Waals surface area contributed by atoms with Gasteiger partial charge in [0.1, 0.15) is 11.9 Å². The number of hydrogen-bond acceptors (Lipinski definition) is 3. The van der Waals surface area contributed by atoms with E-state index in [1.54, 1.807) is 13.0 Å². The molecule has 0 spiro atoms. The molecule has 88 valence electrons. The molecule has 0 bridgehead atoms. The highest BCUT2D eigenvalue weighted by molar-refractivity contribution is 5.88. The minimum absolute atomic E-state index is 0.0806. The van der Waals surface area contributed by atoms with E-state index in [4.69, 9.17) is 4.52 Å². The van der Waals surface area contributed by atoms with E-state index in [0.29, 0.717) is 30.8 Å². The van der Waals surface area contributed by atoms with Gasteiger partial charge < -0.3 is 9.84 Å². The summed E-state index contributed by atoms with van der Waals surface area (Å²) in [5, 5.41) is 8.85. The third-order valence-electron chi connectivity index (χ3n) is 2.57. The van der Waals surface area contributed by atoms with E-state index in [0.717, 1.165) is 0 Å². The third kappa shape index (κ3) is 2.71. The van der Waals surface area contributed by atoms with Gasteiger partial charge in [0.2, 0.25) is 0 Å². The average molecular weight is 227 g/mol. The molecule has 2 atom stereocenters. The monoisotopic (exact) mass is 227 g/mol. The number of anilines is 1. The van der Waals surface area contributed by atoms with Gasteiger partial charge in [-0.2, -0.15) is 0 Å². The number of urea groups is 1. The Morgan fingerprint density at radius 1 is 1.62 bits per heavy atom. The van der Waals surface area contributed by atoms with E-state index >= 15 is 0 Å². The first-order valence-electron chi connectivity index (χ1n) is 5.28. The molecular formula is C10H14FN3O2. The summed E-state index contributed by atoms with van der Waals surface area (Å²) < 4.78 is 17.7. The molecule has 2 amide bonds. The molecule has 1 aliphatic rings. The lowest BCUT2D eigenvalue weighted by atomic mass is 10.2. The van der Waals surface area contributed by atoms with E-state index in [9.17, 15) is 9.18 Å². The molecular weight excluding hydrogens is 213 g/mol. The SMILES string of the molecule is Cc1cc(NC(=O)NC2CCC(F)C2)no1. The maximum Gasteiger partial charge on any atom is 0.320 e. The fourth-order valence-corrected chi connectivity index (χ4v) is 1.82. The Balaban J connectivity index is 1.80. The van der Waals surface area contributed by atoms with Gasteiger partial charge in [0.15, 0.2) is 5.82 Å². The number of aryl methyl sites for hydroxylation is 1. The summed E-state index contributed by atoms with van der Waals surface area (Å²) in [5.41, 5.74) is 0. The summed E-state index contributed by atoms with van der Waals surface area (Å²) in [6.07, 6.45) is 0.811. The first-order chi connectivity index (χ1) is 7.63. The van der Waals surface area contributed by atoms with Crippen LogP contribution in [0.1, 0.15) is 25.0 Å². The molecule has 2 rings (SSSR count). The van der Waals surface area contributed by atoms with Crippen LogP contribution in [-0.2, 0) is 0 Å². The van der Waals surface area contributed by atoms with Gasteiger partial charge in [-0.1, -0.05) is 5.16 Å². The van der Waals surface area contributed by atoms with Gasteiger partial charge in [0.25, 0.3) is 0 Å². The Morgan fingerprint density at radius 3 is 3.00 bits per heavy atom. The number of amides is 2. The van der Waals surface area contributed by atoms with Crippen molar-refractivity contribution in [2.24, 2.45) is 0 Å². The van der Waals surface area contributed by atoms with Crippen molar-refractivity contribution in [3.63, 3.8) is 0 Å². The summed E-state index contributed by atoms with van der Waals surface area (Å²) in [4.78, 5) is 11.5. The molecule has 1 saturated carbocycles. The van der Waals surface area contributed by atoms with Crippen LogP contribution >= 0.6 is 0 Å². The minimum atomic E-state index is -0.792. The summed E-state index contributed by atoms with van der Waals surface area (Å²) in [6, 6.07) is 1.17. The van der Waals surface area contributed by atoms with Crippen molar-refractivity contribution in [3.05, 3.63) is 11.8 Å². The van der Waals surface area contributed by atoms with Crippen LogP contribution in [0.25, 0.3) is 0 Å².